The molecule has 19 heavy (non-hydrogen) atoms. The van der Waals surface area contributed by atoms with Crippen molar-refractivity contribution in [2.45, 2.75) is 6.92 Å². The van der Waals surface area contributed by atoms with Crippen molar-refractivity contribution in [2.24, 2.45) is 0 Å². The second-order valence-electron chi connectivity index (χ2n) is 4.48. The standard InChI is InChI=1S/C15H12N2O2/c1-11-10-14-4-2-3-9-16(14)15(11)12-5-7-13(8-6-12)17(18)19/h2-10H,1H3. The van der Waals surface area contributed by atoms with E-state index >= 15 is 0 Å². The van der Waals surface area contributed by atoms with Crippen molar-refractivity contribution in [3.63, 3.8) is 0 Å². The average molecular weight is 252 g/mol. The Balaban J connectivity index is 2.18. The Bertz CT molecular complexity index is 757. The van der Waals surface area contributed by atoms with Crippen LogP contribution in [0, 0.1) is 17.0 Å². The van der Waals surface area contributed by atoms with E-state index in [2.05, 4.69) is 10.5 Å². The van der Waals surface area contributed by atoms with Crippen molar-refractivity contribution < 1.29 is 4.92 Å². The maximum absolute atomic E-state index is 10.7. The second-order valence-corrected chi connectivity index (χ2v) is 4.48. The fourth-order valence-corrected chi connectivity index (χ4v) is 2.37. The molecule has 2 heterocycles. The van der Waals surface area contributed by atoms with Crippen LogP contribution < -0.4 is 0 Å². The number of benzene rings is 1. The maximum Gasteiger partial charge on any atom is 0.269 e. The van der Waals surface area contributed by atoms with Gasteiger partial charge in [0.25, 0.3) is 5.69 Å². The van der Waals surface area contributed by atoms with E-state index in [-0.39, 0.29) is 10.6 Å². The van der Waals surface area contributed by atoms with Crippen LogP contribution in [0.2, 0.25) is 0 Å². The molecular formula is C15H12N2O2. The maximum atomic E-state index is 10.7. The summed E-state index contributed by atoms with van der Waals surface area (Å²) in [6.45, 7) is 2.05. The van der Waals surface area contributed by atoms with Crippen molar-refractivity contribution in [2.75, 3.05) is 0 Å². The average Bonchev–Trinajstić information content (AvgIpc) is 2.74. The van der Waals surface area contributed by atoms with Gasteiger partial charge in [0, 0.05) is 23.8 Å². The zero-order valence-corrected chi connectivity index (χ0v) is 10.4. The van der Waals surface area contributed by atoms with Gasteiger partial charge in [0.1, 0.15) is 0 Å². The molecule has 3 aromatic rings. The van der Waals surface area contributed by atoms with Gasteiger partial charge < -0.3 is 4.40 Å². The predicted molar refractivity (Wildman–Crippen MR) is 74.2 cm³/mol. The number of fused-ring (bicyclic) bond motifs is 1. The van der Waals surface area contributed by atoms with Crippen molar-refractivity contribution in [3.05, 3.63) is 70.4 Å². The van der Waals surface area contributed by atoms with Crippen LogP contribution in [0.15, 0.2) is 54.7 Å². The van der Waals surface area contributed by atoms with E-state index < -0.39 is 0 Å². The molecule has 0 amide bonds. The molecule has 4 nitrogen and oxygen atoms in total. The van der Waals surface area contributed by atoms with E-state index in [0.717, 1.165) is 22.3 Å². The van der Waals surface area contributed by atoms with Gasteiger partial charge in [0.05, 0.1) is 10.6 Å². The quantitative estimate of drug-likeness (QED) is 0.514. The van der Waals surface area contributed by atoms with Gasteiger partial charge in [-0.2, -0.15) is 0 Å². The molecule has 0 fully saturated rings. The number of nitrogens with zero attached hydrogens (tertiary/aromatic N) is 2. The summed E-state index contributed by atoms with van der Waals surface area (Å²) in [5.74, 6) is 0. The first-order chi connectivity index (χ1) is 9.16. The number of aryl methyl sites for hydroxylation is 1. The van der Waals surface area contributed by atoms with E-state index in [4.69, 9.17) is 0 Å². The number of nitro groups is 1. The van der Waals surface area contributed by atoms with Gasteiger partial charge in [-0.25, -0.2) is 0 Å². The topological polar surface area (TPSA) is 47.5 Å². The van der Waals surface area contributed by atoms with Gasteiger partial charge in [-0.3, -0.25) is 10.1 Å². The highest BCUT2D eigenvalue weighted by atomic mass is 16.6. The zero-order valence-electron chi connectivity index (χ0n) is 10.4. The summed E-state index contributed by atoms with van der Waals surface area (Å²) in [6, 6.07) is 14.8. The third-order valence-corrected chi connectivity index (χ3v) is 3.22. The third kappa shape index (κ3) is 1.87. The van der Waals surface area contributed by atoms with E-state index in [1.165, 1.54) is 12.1 Å². The van der Waals surface area contributed by atoms with Crippen LogP contribution in [0.25, 0.3) is 16.8 Å². The second kappa shape index (κ2) is 4.24. The molecule has 0 aliphatic carbocycles. The normalized spacial score (nSPS) is 10.8. The van der Waals surface area contributed by atoms with Gasteiger partial charge in [-0.15, -0.1) is 0 Å². The van der Waals surface area contributed by atoms with E-state index in [0.29, 0.717) is 0 Å². The first kappa shape index (κ1) is 11.5. The minimum absolute atomic E-state index is 0.113. The lowest BCUT2D eigenvalue weighted by atomic mass is 10.1. The van der Waals surface area contributed by atoms with Crippen LogP contribution >= 0.6 is 0 Å². The minimum Gasteiger partial charge on any atom is -0.316 e. The lowest BCUT2D eigenvalue weighted by Crippen LogP contribution is -1.90. The molecular weight excluding hydrogens is 240 g/mol. The van der Waals surface area contributed by atoms with Crippen molar-refractivity contribution in [1.82, 2.24) is 4.40 Å². The smallest absolute Gasteiger partial charge is 0.269 e. The summed E-state index contributed by atoms with van der Waals surface area (Å²) in [5, 5.41) is 10.7. The largest absolute Gasteiger partial charge is 0.316 e. The van der Waals surface area contributed by atoms with Crippen LogP contribution in [0.3, 0.4) is 0 Å². The van der Waals surface area contributed by atoms with Crippen LogP contribution in [0.5, 0.6) is 0 Å². The number of aromatic nitrogens is 1. The van der Waals surface area contributed by atoms with Gasteiger partial charge in [-0.05, 0) is 48.4 Å². The number of rotatable bonds is 2. The highest BCUT2D eigenvalue weighted by Gasteiger charge is 2.10. The Labute approximate surface area is 110 Å². The number of non-ortho nitro benzene ring substituents is 1. The van der Waals surface area contributed by atoms with Crippen LogP contribution in [0.1, 0.15) is 5.56 Å². The van der Waals surface area contributed by atoms with Gasteiger partial charge in [0.15, 0.2) is 0 Å². The van der Waals surface area contributed by atoms with Crippen molar-refractivity contribution in [1.29, 1.82) is 0 Å². The summed E-state index contributed by atoms with van der Waals surface area (Å²) < 4.78 is 2.09. The first-order valence-electron chi connectivity index (χ1n) is 5.98. The molecule has 0 saturated heterocycles. The summed E-state index contributed by atoms with van der Waals surface area (Å²) in [6.07, 6.45) is 2.00. The third-order valence-electron chi connectivity index (χ3n) is 3.22. The predicted octanol–water partition coefficient (Wildman–Crippen LogP) is 3.82. The molecule has 1 aromatic carbocycles. The molecule has 94 valence electrons. The Kier molecular flexibility index (Phi) is 2.56. The number of nitro benzene ring substituents is 1. The summed E-state index contributed by atoms with van der Waals surface area (Å²) in [5.41, 5.74) is 4.44. The van der Waals surface area contributed by atoms with Gasteiger partial charge in [-0.1, -0.05) is 6.07 Å². The van der Waals surface area contributed by atoms with Gasteiger partial charge in [0.2, 0.25) is 0 Å². The van der Waals surface area contributed by atoms with Crippen molar-refractivity contribution >= 4 is 11.2 Å². The molecule has 0 bridgehead atoms. The number of pyridine rings is 1. The van der Waals surface area contributed by atoms with E-state index in [1.807, 2.05) is 31.3 Å². The van der Waals surface area contributed by atoms with E-state index in [9.17, 15) is 10.1 Å². The minimum atomic E-state index is -0.382. The summed E-state index contributed by atoms with van der Waals surface area (Å²) >= 11 is 0. The lowest BCUT2D eigenvalue weighted by Gasteiger charge is -2.04. The highest BCUT2D eigenvalue weighted by molar-refractivity contribution is 5.72. The first-order valence-corrected chi connectivity index (χ1v) is 5.98. The lowest BCUT2D eigenvalue weighted by molar-refractivity contribution is -0.384. The highest BCUT2D eigenvalue weighted by Crippen LogP contribution is 2.28. The molecule has 0 radical (unpaired) electrons. The molecule has 0 atom stereocenters. The molecule has 3 rings (SSSR count). The number of hydrogen-bond acceptors (Lipinski definition) is 2. The Hall–Kier alpha value is -2.62. The van der Waals surface area contributed by atoms with Crippen LogP contribution in [-0.4, -0.2) is 9.32 Å². The zero-order chi connectivity index (χ0) is 13.4. The van der Waals surface area contributed by atoms with Gasteiger partial charge >= 0.3 is 0 Å². The summed E-state index contributed by atoms with van der Waals surface area (Å²) in [4.78, 5) is 10.3. The fraction of sp³-hybridized carbons (Fsp3) is 0.0667. The molecule has 0 saturated carbocycles. The summed E-state index contributed by atoms with van der Waals surface area (Å²) in [7, 11) is 0. The number of hydrogen-bond donors (Lipinski definition) is 0. The molecule has 0 aliphatic heterocycles. The molecule has 0 unspecified atom stereocenters. The molecule has 2 aromatic heterocycles. The molecule has 0 spiro atoms. The van der Waals surface area contributed by atoms with Crippen molar-refractivity contribution in [3.8, 4) is 11.3 Å². The monoisotopic (exact) mass is 252 g/mol. The van der Waals surface area contributed by atoms with E-state index in [1.54, 1.807) is 12.1 Å². The molecule has 4 heteroatoms. The van der Waals surface area contributed by atoms with Crippen LogP contribution in [0.4, 0.5) is 5.69 Å². The Morgan fingerprint density at radius 2 is 1.84 bits per heavy atom. The molecule has 0 aliphatic rings. The Morgan fingerprint density at radius 1 is 1.11 bits per heavy atom. The molecule has 0 N–H and O–H groups in total. The SMILES string of the molecule is Cc1cc2ccccn2c1-c1ccc([N+](=O)[O-])cc1. The fourth-order valence-electron chi connectivity index (χ4n) is 2.37. The Morgan fingerprint density at radius 3 is 2.53 bits per heavy atom. The van der Waals surface area contributed by atoms with Crippen LogP contribution in [-0.2, 0) is 0 Å².